The van der Waals surface area contributed by atoms with E-state index < -0.39 is 0 Å². The summed E-state index contributed by atoms with van der Waals surface area (Å²) in [6.45, 7) is 6.87. The highest BCUT2D eigenvalue weighted by Crippen LogP contribution is 2.43. The average molecular weight is 279 g/mol. The van der Waals surface area contributed by atoms with Crippen LogP contribution in [0.25, 0.3) is 0 Å². The summed E-state index contributed by atoms with van der Waals surface area (Å²) >= 11 is 0. The first kappa shape index (κ1) is 15.5. The van der Waals surface area contributed by atoms with Crippen molar-refractivity contribution in [2.75, 3.05) is 6.61 Å². The zero-order valence-electron chi connectivity index (χ0n) is 12.8. The van der Waals surface area contributed by atoms with Gasteiger partial charge in [0.25, 0.3) is 0 Å². The lowest BCUT2D eigenvalue weighted by atomic mass is 9.72. The Morgan fingerprint density at radius 1 is 1.50 bits per heavy atom. The number of ether oxygens (including phenoxy) is 1. The lowest BCUT2D eigenvalue weighted by molar-refractivity contribution is -0.0939. The van der Waals surface area contributed by atoms with Gasteiger partial charge in [-0.1, -0.05) is 25.8 Å². The average Bonchev–Trinajstić information content (AvgIpc) is 2.38. The van der Waals surface area contributed by atoms with Crippen LogP contribution in [0.1, 0.15) is 56.7 Å². The predicted molar refractivity (Wildman–Crippen MR) is 80.1 cm³/mol. The van der Waals surface area contributed by atoms with Crippen LogP contribution in [0.5, 0.6) is 0 Å². The number of rotatable bonds is 4. The molecule has 1 aromatic rings. The van der Waals surface area contributed by atoms with E-state index in [1.807, 2.05) is 19.9 Å². The van der Waals surface area contributed by atoms with E-state index in [0.717, 1.165) is 30.4 Å². The highest BCUT2D eigenvalue weighted by molar-refractivity contribution is 5.31. The first-order chi connectivity index (χ1) is 9.48. The summed E-state index contributed by atoms with van der Waals surface area (Å²) in [4.78, 5) is 0. The minimum atomic E-state index is -0.297. The third-order valence-corrected chi connectivity index (χ3v) is 4.56. The molecule has 112 valence electrons. The van der Waals surface area contributed by atoms with Crippen LogP contribution in [0.2, 0.25) is 0 Å². The lowest BCUT2D eigenvalue weighted by Gasteiger charge is -2.44. The molecule has 3 atom stereocenters. The van der Waals surface area contributed by atoms with Crippen LogP contribution in [-0.4, -0.2) is 12.2 Å². The molecule has 1 aromatic carbocycles. The van der Waals surface area contributed by atoms with E-state index in [4.69, 9.17) is 10.5 Å². The van der Waals surface area contributed by atoms with Gasteiger partial charge in [-0.15, -0.1) is 0 Å². The Kier molecular flexibility index (Phi) is 4.82. The fraction of sp³-hybridized carbons (Fsp3) is 0.647. The molecule has 0 radical (unpaired) electrons. The minimum Gasteiger partial charge on any atom is -0.373 e. The Morgan fingerprint density at radius 3 is 2.85 bits per heavy atom. The largest absolute Gasteiger partial charge is 0.373 e. The second-order valence-electron chi connectivity index (χ2n) is 6.18. The normalized spacial score (nSPS) is 28.4. The quantitative estimate of drug-likeness (QED) is 0.899. The van der Waals surface area contributed by atoms with E-state index in [-0.39, 0.29) is 17.5 Å². The van der Waals surface area contributed by atoms with Crippen LogP contribution in [0.4, 0.5) is 4.39 Å². The van der Waals surface area contributed by atoms with Gasteiger partial charge in [0.15, 0.2) is 0 Å². The molecule has 1 aliphatic carbocycles. The summed E-state index contributed by atoms with van der Waals surface area (Å²) in [6.07, 6.45) is 4.36. The lowest BCUT2D eigenvalue weighted by Crippen LogP contribution is -2.47. The van der Waals surface area contributed by atoms with Gasteiger partial charge in [0.1, 0.15) is 5.82 Å². The van der Waals surface area contributed by atoms with E-state index in [0.29, 0.717) is 12.5 Å². The number of aryl methyl sites for hydroxylation is 1. The van der Waals surface area contributed by atoms with E-state index in [1.165, 1.54) is 12.5 Å². The van der Waals surface area contributed by atoms with E-state index >= 15 is 0 Å². The van der Waals surface area contributed by atoms with Crippen molar-refractivity contribution >= 4 is 0 Å². The maximum absolute atomic E-state index is 13.3. The van der Waals surface area contributed by atoms with Crippen molar-refractivity contribution in [1.82, 2.24) is 0 Å². The summed E-state index contributed by atoms with van der Waals surface area (Å²) in [5.74, 6) is 0.419. The Hall–Kier alpha value is -0.930. The van der Waals surface area contributed by atoms with Crippen LogP contribution in [0.3, 0.4) is 0 Å². The van der Waals surface area contributed by atoms with Crippen LogP contribution >= 0.6 is 0 Å². The number of hydrogen-bond acceptors (Lipinski definition) is 2. The van der Waals surface area contributed by atoms with Crippen molar-refractivity contribution in [2.45, 2.75) is 58.1 Å². The molecule has 20 heavy (non-hydrogen) atoms. The van der Waals surface area contributed by atoms with E-state index in [9.17, 15) is 4.39 Å². The summed E-state index contributed by atoms with van der Waals surface area (Å²) in [5.41, 5.74) is 8.18. The smallest absolute Gasteiger partial charge is 0.123 e. The summed E-state index contributed by atoms with van der Waals surface area (Å²) < 4.78 is 19.4. The van der Waals surface area contributed by atoms with Gasteiger partial charge in [-0.3, -0.25) is 0 Å². The molecule has 1 saturated carbocycles. The molecule has 2 N–H and O–H groups in total. The van der Waals surface area contributed by atoms with Gasteiger partial charge in [-0.05, 0) is 55.9 Å². The SMILES string of the molecule is CCOC1(C(N)c2ccc(F)cc2C)CCCC(C)C1. The van der Waals surface area contributed by atoms with Crippen molar-refractivity contribution in [3.05, 3.63) is 35.1 Å². The van der Waals surface area contributed by atoms with Crippen molar-refractivity contribution in [3.8, 4) is 0 Å². The summed E-state index contributed by atoms with van der Waals surface area (Å²) in [6, 6.07) is 4.68. The molecule has 0 amide bonds. The van der Waals surface area contributed by atoms with Crippen molar-refractivity contribution < 1.29 is 9.13 Å². The summed E-state index contributed by atoms with van der Waals surface area (Å²) in [5, 5.41) is 0. The van der Waals surface area contributed by atoms with Crippen LogP contribution < -0.4 is 5.73 Å². The second kappa shape index (κ2) is 6.23. The van der Waals surface area contributed by atoms with E-state index in [2.05, 4.69) is 6.92 Å². The Balaban J connectivity index is 2.32. The highest BCUT2D eigenvalue weighted by atomic mass is 19.1. The Morgan fingerprint density at radius 2 is 2.25 bits per heavy atom. The van der Waals surface area contributed by atoms with Gasteiger partial charge < -0.3 is 10.5 Å². The van der Waals surface area contributed by atoms with E-state index in [1.54, 1.807) is 6.07 Å². The molecular formula is C17H26FNO. The fourth-order valence-corrected chi connectivity index (χ4v) is 3.61. The van der Waals surface area contributed by atoms with Crippen molar-refractivity contribution in [2.24, 2.45) is 11.7 Å². The second-order valence-corrected chi connectivity index (χ2v) is 6.18. The minimum absolute atomic E-state index is 0.189. The molecular weight excluding hydrogens is 253 g/mol. The first-order valence-electron chi connectivity index (χ1n) is 7.64. The zero-order chi connectivity index (χ0) is 14.8. The molecule has 2 nitrogen and oxygen atoms in total. The highest BCUT2D eigenvalue weighted by Gasteiger charge is 2.42. The zero-order valence-corrected chi connectivity index (χ0v) is 12.8. The maximum atomic E-state index is 13.3. The number of benzene rings is 1. The molecule has 3 heteroatoms. The fourth-order valence-electron chi connectivity index (χ4n) is 3.61. The van der Waals surface area contributed by atoms with Gasteiger partial charge in [0.2, 0.25) is 0 Å². The monoisotopic (exact) mass is 279 g/mol. The Labute approximate surface area is 121 Å². The third-order valence-electron chi connectivity index (χ3n) is 4.56. The van der Waals surface area contributed by atoms with Crippen molar-refractivity contribution in [3.63, 3.8) is 0 Å². The van der Waals surface area contributed by atoms with Crippen LogP contribution in [0, 0.1) is 18.7 Å². The molecule has 0 aliphatic heterocycles. The number of hydrogen-bond donors (Lipinski definition) is 1. The third kappa shape index (κ3) is 3.04. The molecule has 2 rings (SSSR count). The molecule has 0 spiro atoms. The van der Waals surface area contributed by atoms with Gasteiger partial charge in [0.05, 0.1) is 11.6 Å². The van der Waals surface area contributed by atoms with Gasteiger partial charge in [0, 0.05) is 6.61 Å². The standard InChI is InChI=1S/C17H26FNO/c1-4-20-17(9-5-6-12(2)11-17)16(19)15-8-7-14(18)10-13(15)3/h7-8,10,12,16H,4-6,9,11,19H2,1-3H3. The Bertz CT molecular complexity index is 458. The summed E-state index contributed by atoms with van der Waals surface area (Å²) in [7, 11) is 0. The van der Waals surface area contributed by atoms with Crippen LogP contribution in [0.15, 0.2) is 18.2 Å². The molecule has 1 fully saturated rings. The maximum Gasteiger partial charge on any atom is 0.123 e. The van der Waals surface area contributed by atoms with Crippen molar-refractivity contribution in [1.29, 1.82) is 0 Å². The first-order valence-corrected chi connectivity index (χ1v) is 7.64. The molecule has 0 saturated heterocycles. The number of nitrogens with two attached hydrogens (primary N) is 1. The molecule has 3 unspecified atom stereocenters. The van der Waals surface area contributed by atoms with Gasteiger partial charge in [-0.2, -0.15) is 0 Å². The molecule has 1 aliphatic rings. The topological polar surface area (TPSA) is 35.2 Å². The van der Waals surface area contributed by atoms with Gasteiger partial charge in [-0.25, -0.2) is 4.39 Å². The number of halogens is 1. The van der Waals surface area contributed by atoms with Crippen LogP contribution in [-0.2, 0) is 4.74 Å². The predicted octanol–water partition coefficient (Wildman–Crippen LogP) is 4.12. The molecule has 0 aromatic heterocycles. The molecule has 0 bridgehead atoms. The molecule has 0 heterocycles. The van der Waals surface area contributed by atoms with Gasteiger partial charge >= 0.3 is 0 Å².